The van der Waals surface area contributed by atoms with E-state index in [1.54, 1.807) is 13.8 Å². The van der Waals surface area contributed by atoms with Gasteiger partial charge in [-0.15, -0.1) is 0 Å². The molecule has 106 valence electrons. The largest absolute Gasteiger partial charge is 0.488 e. The minimum atomic E-state index is -0.695. The van der Waals surface area contributed by atoms with Gasteiger partial charge >= 0.3 is 0 Å². The van der Waals surface area contributed by atoms with Crippen LogP contribution >= 0.6 is 0 Å². The van der Waals surface area contributed by atoms with Crippen molar-refractivity contribution in [1.82, 2.24) is 10.2 Å². The minimum absolute atomic E-state index is 0.144. The Labute approximate surface area is 117 Å². The van der Waals surface area contributed by atoms with E-state index < -0.39 is 5.54 Å². The summed E-state index contributed by atoms with van der Waals surface area (Å²) in [6, 6.07) is 7.82. The second kappa shape index (κ2) is 4.59. The average Bonchev–Trinajstić information content (AvgIpc) is 2.82. The molecule has 1 aromatic carbocycles. The van der Waals surface area contributed by atoms with Gasteiger partial charge in [0.05, 0.1) is 18.6 Å². The fourth-order valence-electron chi connectivity index (χ4n) is 2.66. The highest BCUT2D eigenvalue weighted by molar-refractivity contribution is 6.03. The molecule has 2 aliphatic rings. The van der Waals surface area contributed by atoms with Crippen LogP contribution in [0.4, 0.5) is 0 Å². The third-order valence-corrected chi connectivity index (χ3v) is 3.86. The van der Waals surface area contributed by atoms with Crippen LogP contribution in [0.25, 0.3) is 0 Å². The third kappa shape index (κ3) is 2.18. The quantitative estimate of drug-likeness (QED) is 0.808. The van der Waals surface area contributed by atoms with Crippen molar-refractivity contribution in [3.63, 3.8) is 0 Å². The van der Waals surface area contributed by atoms with Crippen LogP contribution in [0.3, 0.4) is 0 Å². The van der Waals surface area contributed by atoms with E-state index in [0.717, 1.165) is 17.7 Å². The molecule has 0 saturated carbocycles. The van der Waals surface area contributed by atoms with E-state index in [0.29, 0.717) is 6.54 Å². The van der Waals surface area contributed by atoms with Crippen molar-refractivity contribution in [2.45, 2.75) is 31.9 Å². The standard InChI is InChI=1S/C15H18N2O3/c1-15(2)14(19)17(13(18)8-16-15)9-11-7-10-5-3-4-6-12(10)20-11/h3-6,11,16H,7-9H2,1-2H3. The van der Waals surface area contributed by atoms with Crippen LogP contribution < -0.4 is 10.1 Å². The van der Waals surface area contributed by atoms with Crippen LogP contribution in [0.15, 0.2) is 24.3 Å². The molecule has 1 unspecified atom stereocenters. The summed E-state index contributed by atoms with van der Waals surface area (Å²) in [7, 11) is 0. The predicted molar refractivity (Wildman–Crippen MR) is 73.4 cm³/mol. The topological polar surface area (TPSA) is 58.6 Å². The van der Waals surface area contributed by atoms with Gasteiger partial charge in [-0.2, -0.15) is 0 Å². The second-order valence-electron chi connectivity index (χ2n) is 5.84. The highest BCUT2D eigenvalue weighted by atomic mass is 16.5. The van der Waals surface area contributed by atoms with Crippen molar-refractivity contribution >= 4 is 11.8 Å². The summed E-state index contributed by atoms with van der Waals surface area (Å²) in [6.45, 7) is 4.09. The SMILES string of the molecule is CC1(C)NCC(=O)N(CC2Cc3ccccc3O2)C1=O. The van der Waals surface area contributed by atoms with Crippen molar-refractivity contribution < 1.29 is 14.3 Å². The van der Waals surface area contributed by atoms with E-state index in [4.69, 9.17) is 4.74 Å². The molecule has 0 spiro atoms. The number of fused-ring (bicyclic) bond motifs is 1. The van der Waals surface area contributed by atoms with Gasteiger partial charge in [-0.1, -0.05) is 18.2 Å². The number of rotatable bonds is 2. The third-order valence-electron chi connectivity index (χ3n) is 3.86. The van der Waals surface area contributed by atoms with Crippen molar-refractivity contribution in [2.75, 3.05) is 13.1 Å². The molecule has 2 heterocycles. The molecule has 0 radical (unpaired) electrons. The van der Waals surface area contributed by atoms with Gasteiger partial charge in [0.1, 0.15) is 11.9 Å². The number of imide groups is 1. The van der Waals surface area contributed by atoms with Gasteiger partial charge < -0.3 is 4.74 Å². The summed E-state index contributed by atoms with van der Waals surface area (Å²) in [6.07, 6.45) is 0.593. The zero-order valence-corrected chi connectivity index (χ0v) is 11.7. The lowest BCUT2D eigenvalue weighted by atomic mass is 10.00. The fraction of sp³-hybridized carbons (Fsp3) is 0.467. The molecule has 2 amide bonds. The smallest absolute Gasteiger partial charge is 0.249 e. The molecule has 2 aliphatic heterocycles. The molecule has 5 heteroatoms. The summed E-state index contributed by atoms with van der Waals surface area (Å²) >= 11 is 0. The Morgan fingerprint density at radius 1 is 1.35 bits per heavy atom. The molecule has 3 rings (SSSR count). The maximum absolute atomic E-state index is 12.3. The number of nitrogens with one attached hydrogen (secondary N) is 1. The first-order valence-corrected chi connectivity index (χ1v) is 6.82. The van der Waals surface area contributed by atoms with E-state index in [9.17, 15) is 9.59 Å². The van der Waals surface area contributed by atoms with Gasteiger partial charge in [0, 0.05) is 6.42 Å². The zero-order valence-electron chi connectivity index (χ0n) is 11.7. The Hall–Kier alpha value is -1.88. The molecule has 1 atom stereocenters. The number of para-hydroxylation sites is 1. The molecule has 1 aromatic rings. The summed E-state index contributed by atoms with van der Waals surface area (Å²) in [5.41, 5.74) is 0.436. The minimum Gasteiger partial charge on any atom is -0.488 e. The molecule has 20 heavy (non-hydrogen) atoms. The number of benzene rings is 1. The van der Waals surface area contributed by atoms with E-state index in [1.807, 2.05) is 24.3 Å². The van der Waals surface area contributed by atoms with Gasteiger partial charge in [0.2, 0.25) is 11.8 Å². The maximum atomic E-state index is 12.3. The Morgan fingerprint density at radius 3 is 2.85 bits per heavy atom. The van der Waals surface area contributed by atoms with Crippen LogP contribution in [-0.4, -0.2) is 41.4 Å². The zero-order chi connectivity index (χ0) is 14.3. The molecule has 0 bridgehead atoms. The monoisotopic (exact) mass is 274 g/mol. The predicted octanol–water partition coefficient (Wildman–Crippen LogP) is 0.727. The van der Waals surface area contributed by atoms with Crippen molar-refractivity contribution in [3.05, 3.63) is 29.8 Å². The van der Waals surface area contributed by atoms with Gasteiger partial charge in [-0.05, 0) is 25.5 Å². The fourth-order valence-corrected chi connectivity index (χ4v) is 2.66. The number of hydrogen-bond acceptors (Lipinski definition) is 4. The van der Waals surface area contributed by atoms with Gasteiger partial charge in [0.25, 0.3) is 0 Å². The lowest BCUT2D eigenvalue weighted by molar-refractivity contribution is -0.153. The van der Waals surface area contributed by atoms with Crippen molar-refractivity contribution in [2.24, 2.45) is 0 Å². The van der Waals surface area contributed by atoms with E-state index >= 15 is 0 Å². The van der Waals surface area contributed by atoms with Gasteiger partial charge in [-0.3, -0.25) is 19.8 Å². The van der Waals surface area contributed by atoms with Crippen molar-refractivity contribution in [1.29, 1.82) is 0 Å². The Bertz CT molecular complexity index is 543. The van der Waals surface area contributed by atoms with Crippen LogP contribution in [0.5, 0.6) is 5.75 Å². The molecular formula is C15H18N2O3. The van der Waals surface area contributed by atoms with E-state index in [2.05, 4.69) is 5.32 Å². The van der Waals surface area contributed by atoms with Crippen LogP contribution in [-0.2, 0) is 16.0 Å². The summed E-state index contributed by atoms with van der Waals surface area (Å²) < 4.78 is 5.81. The number of carbonyl (C=O) groups excluding carboxylic acids is 2. The normalized spacial score (nSPS) is 24.5. The van der Waals surface area contributed by atoms with E-state index in [1.165, 1.54) is 4.90 Å². The average molecular weight is 274 g/mol. The molecule has 5 nitrogen and oxygen atoms in total. The number of amides is 2. The van der Waals surface area contributed by atoms with Gasteiger partial charge in [-0.25, -0.2) is 0 Å². The lowest BCUT2D eigenvalue weighted by Gasteiger charge is -2.37. The van der Waals surface area contributed by atoms with Crippen LogP contribution in [0, 0.1) is 0 Å². The maximum Gasteiger partial charge on any atom is 0.249 e. The molecule has 0 aliphatic carbocycles. The Morgan fingerprint density at radius 2 is 2.10 bits per heavy atom. The summed E-state index contributed by atoms with van der Waals surface area (Å²) in [4.78, 5) is 25.6. The van der Waals surface area contributed by atoms with Crippen molar-refractivity contribution in [3.8, 4) is 5.75 Å². The molecular weight excluding hydrogens is 256 g/mol. The Kier molecular flexibility index (Phi) is 3.01. The first kappa shape index (κ1) is 13.1. The number of nitrogens with zero attached hydrogens (tertiary/aromatic N) is 1. The van der Waals surface area contributed by atoms with Crippen LogP contribution in [0.2, 0.25) is 0 Å². The number of hydrogen-bond donors (Lipinski definition) is 1. The summed E-state index contributed by atoms with van der Waals surface area (Å²) in [5, 5.41) is 2.95. The van der Waals surface area contributed by atoms with Crippen LogP contribution in [0.1, 0.15) is 19.4 Å². The first-order valence-electron chi connectivity index (χ1n) is 6.82. The summed E-state index contributed by atoms with van der Waals surface area (Å²) in [5.74, 6) is 0.481. The molecule has 1 saturated heterocycles. The van der Waals surface area contributed by atoms with Gasteiger partial charge in [0.15, 0.2) is 0 Å². The highest BCUT2D eigenvalue weighted by Crippen LogP contribution is 2.29. The number of carbonyl (C=O) groups is 2. The number of piperazine rings is 1. The highest BCUT2D eigenvalue weighted by Gasteiger charge is 2.41. The second-order valence-corrected chi connectivity index (χ2v) is 5.84. The van der Waals surface area contributed by atoms with E-state index in [-0.39, 0.29) is 24.5 Å². The first-order chi connectivity index (χ1) is 9.47. The molecule has 1 fully saturated rings. The Balaban J connectivity index is 1.72. The molecule has 0 aromatic heterocycles. The number of ether oxygens (including phenoxy) is 1. The molecule has 1 N–H and O–H groups in total. The lowest BCUT2D eigenvalue weighted by Crippen LogP contribution is -2.64.